The van der Waals surface area contributed by atoms with Crippen molar-refractivity contribution in [2.75, 3.05) is 0 Å². The Morgan fingerprint density at radius 2 is 1.93 bits per heavy atom. The molecule has 0 fully saturated rings. The summed E-state index contributed by atoms with van der Waals surface area (Å²) in [5.41, 5.74) is 2.76. The molecule has 1 heterocycles. The Hall–Kier alpha value is -1.12. The average molecular weight is 239 g/mol. The molecule has 1 aromatic carbocycles. The van der Waals surface area contributed by atoms with Crippen LogP contribution in [0.4, 0.5) is 0 Å². The Labute approximate surface area is 97.9 Å². The van der Waals surface area contributed by atoms with Crippen molar-refractivity contribution >= 4 is 23.2 Å². The van der Waals surface area contributed by atoms with Crippen LogP contribution in [0.15, 0.2) is 30.5 Å². The lowest BCUT2D eigenvalue weighted by Gasteiger charge is -2.03. The molecule has 0 bridgehead atoms. The fourth-order valence-electron chi connectivity index (χ4n) is 1.25. The van der Waals surface area contributed by atoms with Crippen molar-refractivity contribution in [1.82, 2.24) is 9.97 Å². The summed E-state index contributed by atoms with van der Waals surface area (Å²) in [5, 5.41) is 0.964. The van der Waals surface area contributed by atoms with Gasteiger partial charge >= 0.3 is 0 Å². The molecule has 0 aliphatic carbocycles. The van der Waals surface area contributed by atoms with Crippen LogP contribution in [0.3, 0.4) is 0 Å². The average Bonchev–Trinajstić information content (AvgIpc) is 2.22. The SMILES string of the molecule is Cc1ccc(-c2ccnc(Cl)n2)cc1Cl. The van der Waals surface area contributed by atoms with Gasteiger partial charge in [0.1, 0.15) is 0 Å². The lowest BCUT2D eigenvalue weighted by atomic mass is 10.1. The third-order valence-electron chi connectivity index (χ3n) is 2.09. The minimum absolute atomic E-state index is 0.240. The number of aromatic nitrogens is 2. The molecule has 0 radical (unpaired) electrons. The van der Waals surface area contributed by atoms with E-state index in [1.807, 2.05) is 25.1 Å². The minimum atomic E-state index is 0.240. The molecule has 4 heteroatoms. The van der Waals surface area contributed by atoms with Crippen molar-refractivity contribution in [1.29, 1.82) is 0 Å². The Balaban J connectivity index is 2.50. The van der Waals surface area contributed by atoms with Gasteiger partial charge in [-0.2, -0.15) is 0 Å². The summed E-state index contributed by atoms with van der Waals surface area (Å²) in [6.45, 7) is 1.96. The molecule has 0 saturated carbocycles. The molecule has 2 rings (SSSR count). The molecule has 0 aliphatic heterocycles. The first-order chi connectivity index (χ1) is 7.16. The van der Waals surface area contributed by atoms with Gasteiger partial charge in [0, 0.05) is 16.8 Å². The van der Waals surface area contributed by atoms with Crippen LogP contribution in [-0.4, -0.2) is 9.97 Å². The second-order valence-electron chi connectivity index (χ2n) is 3.17. The molecule has 0 spiro atoms. The van der Waals surface area contributed by atoms with E-state index in [0.717, 1.165) is 21.8 Å². The van der Waals surface area contributed by atoms with Gasteiger partial charge in [0.05, 0.1) is 5.69 Å². The monoisotopic (exact) mass is 238 g/mol. The number of benzene rings is 1. The Morgan fingerprint density at radius 1 is 1.13 bits per heavy atom. The smallest absolute Gasteiger partial charge is 0.222 e. The predicted molar refractivity (Wildman–Crippen MR) is 62.2 cm³/mol. The van der Waals surface area contributed by atoms with E-state index in [0.29, 0.717) is 0 Å². The van der Waals surface area contributed by atoms with Gasteiger partial charge in [0.15, 0.2) is 0 Å². The largest absolute Gasteiger partial charge is 0.226 e. The second-order valence-corrected chi connectivity index (χ2v) is 3.92. The normalized spacial score (nSPS) is 10.3. The van der Waals surface area contributed by atoms with E-state index in [1.165, 1.54) is 0 Å². The van der Waals surface area contributed by atoms with E-state index in [-0.39, 0.29) is 5.28 Å². The molecule has 1 aromatic heterocycles. The molecule has 0 amide bonds. The first-order valence-electron chi connectivity index (χ1n) is 4.42. The zero-order valence-electron chi connectivity index (χ0n) is 8.04. The summed E-state index contributed by atoms with van der Waals surface area (Å²) in [7, 11) is 0. The van der Waals surface area contributed by atoms with Gasteiger partial charge in [-0.15, -0.1) is 0 Å². The molecular formula is C11H8Cl2N2. The lowest BCUT2D eigenvalue weighted by Crippen LogP contribution is -1.87. The van der Waals surface area contributed by atoms with E-state index in [2.05, 4.69) is 9.97 Å². The highest BCUT2D eigenvalue weighted by molar-refractivity contribution is 6.31. The van der Waals surface area contributed by atoms with Crippen molar-refractivity contribution in [3.05, 3.63) is 46.3 Å². The molecule has 2 nitrogen and oxygen atoms in total. The van der Waals surface area contributed by atoms with Crippen molar-refractivity contribution in [2.24, 2.45) is 0 Å². The predicted octanol–water partition coefficient (Wildman–Crippen LogP) is 3.76. The molecule has 76 valence electrons. The first kappa shape index (κ1) is 10.4. The highest BCUT2D eigenvalue weighted by Crippen LogP contribution is 2.24. The molecule has 0 atom stereocenters. The number of hydrogen-bond donors (Lipinski definition) is 0. The zero-order chi connectivity index (χ0) is 10.8. The summed E-state index contributed by atoms with van der Waals surface area (Å²) < 4.78 is 0. The fraction of sp³-hybridized carbons (Fsp3) is 0.0909. The number of halogens is 2. The number of rotatable bonds is 1. The quantitative estimate of drug-likeness (QED) is 0.708. The maximum Gasteiger partial charge on any atom is 0.222 e. The number of hydrogen-bond acceptors (Lipinski definition) is 2. The van der Waals surface area contributed by atoms with Crippen molar-refractivity contribution < 1.29 is 0 Å². The van der Waals surface area contributed by atoms with Crippen LogP contribution in [0.2, 0.25) is 10.3 Å². The van der Waals surface area contributed by atoms with Gasteiger partial charge in [-0.3, -0.25) is 0 Å². The zero-order valence-corrected chi connectivity index (χ0v) is 9.55. The van der Waals surface area contributed by atoms with Gasteiger partial charge in [0.25, 0.3) is 0 Å². The standard InChI is InChI=1S/C11H8Cl2N2/c1-7-2-3-8(6-9(7)12)10-4-5-14-11(13)15-10/h2-6H,1H3. The maximum absolute atomic E-state index is 6.03. The molecule has 0 unspecified atom stereocenters. The van der Waals surface area contributed by atoms with Crippen LogP contribution in [0.5, 0.6) is 0 Å². The van der Waals surface area contributed by atoms with Gasteiger partial charge in [-0.05, 0) is 36.2 Å². The van der Waals surface area contributed by atoms with Crippen LogP contribution in [0.1, 0.15) is 5.56 Å². The van der Waals surface area contributed by atoms with Crippen molar-refractivity contribution in [3.8, 4) is 11.3 Å². The fourth-order valence-corrected chi connectivity index (χ4v) is 1.58. The third-order valence-corrected chi connectivity index (χ3v) is 2.68. The number of nitrogens with zero attached hydrogens (tertiary/aromatic N) is 2. The van der Waals surface area contributed by atoms with Gasteiger partial charge in [-0.1, -0.05) is 23.7 Å². The van der Waals surface area contributed by atoms with E-state index >= 15 is 0 Å². The van der Waals surface area contributed by atoms with Crippen LogP contribution in [0.25, 0.3) is 11.3 Å². The summed E-state index contributed by atoms with van der Waals surface area (Å²) in [6.07, 6.45) is 1.62. The van der Waals surface area contributed by atoms with Crippen LogP contribution in [-0.2, 0) is 0 Å². The van der Waals surface area contributed by atoms with E-state index in [4.69, 9.17) is 23.2 Å². The molecule has 2 aromatic rings. The summed E-state index contributed by atoms with van der Waals surface area (Å²) in [4.78, 5) is 7.94. The Bertz CT molecular complexity index is 498. The lowest BCUT2D eigenvalue weighted by molar-refractivity contribution is 1.17. The summed E-state index contributed by atoms with van der Waals surface area (Å²) >= 11 is 11.7. The number of aryl methyl sites for hydroxylation is 1. The van der Waals surface area contributed by atoms with Crippen LogP contribution in [0, 0.1) is 6.92 Å². The molecule has 0 aliphatic rings. The first-order valence-corrected chi connectivity index (χ1v) is 5.17. The molecular weight excluding hydrogens is 231 g/mol. The van der Waals surface area contributed by atoms with Crippen LogP contribution >= 0.6 is 23.2 Å². The second kappa shape index (κ2) is 4.17. The van der Waals surface area contributed by atoms with Crippen molar-refractivity contribution in [2.45, 2.75) is 6.92 Å². The Morgan fingerprint density at radius 3 is 2.60 bits per heavy atom. The highest BCUT2D eigenvalue weighted by Gasteiger charge is 2.02. The van der Waals surface area contributed by atoms with Gasteiger partial charge < -0.3 is 0 Å². The molecule has 15 heavy (non-hydrogen) atoms. The molecule has 0 saturated heterocycles. The van der Waals surface area contributed by atoms with E-state index in [1.54, 1.807) is 12.3 Å². The topological polar surface area (TPSA) is 25.8 Å². The van der Waals surface area contributed by atoms with Gasteiger partial charge in [0.2, 0.25) is 5.28 Å². The summed E-state index contributed by atoms with van der Waals surface area (Å²) in [5.74, 6) is 0. The Kier molecular flexibility index (Phi) is 2.89. The van der Waals surface area contributed by atoms with Crippen LogP contribution < -0.4 is 0 Å². The van der Waals surface area contributed by atoms with Gasteiger partial charge in [-0.25, -0.2) is 9.97 Å². The minimum Gasteiger partial charge on any atom is -0.226 e. The maximum atomic E-state index is 6.03. The van der Waals surface area contributed by atoms with Crippen molar-refractivity contribution in [3.63, 3.8) is 0 Å². The summed E-state index contributed by atoms with van der Waals surface area (Å²) in [6, 6.07) is 7.58. The molecule has 0 N–H and O–H groups in total. The van der Waals surface area contributed by atoms with E-state index in [9.17, 15) is 0 Å². The highest BCUT2D eigenvalue weighted by atomic mass is 35.5. The van der Waals surface area contributed by atoms with E-state index < -0.39 is 0 Å². The third kappa shape index (κ3) is 2.28.